The SMILES string of the molecule is C[C@@H](CS(C)(=O)=O)NCc1cc(-c2ccccc2F)no1. The van der Waals surface area contributed by atoms with Crippen molar-refractivity contribution in [2.24, 2.45) is 0 Å². The molecule has 0 saturated heterocycles. The molecule has 2 aromatic rings. The summed E-state index contributed by atoms with van der Waals surface area (Å²) in [6.07, 6.45) is 1.19. The molecule has 0 amide bonds. The van der Waals surface area contributed by atoms with Crippen LogP contribution in [0.3, 0.4) is 0 Å². The molecule has 1 aromatic heterocycles. The molecule has 0 bridgehead atoms. The molecule has 0 fully saturated rings. The average Bonchev–Trinajstić information content (AvgIpc) is 2.83. The Labute approximate surface area is 123 Å². The van der Waals surface area contributed by atoms with Gasteiger partial charge in [0.2, 0.25) is 0 Å². The molecule has 0 spiro atoms. The monoisotopic (exact) mass is 312 g/mol. The number of nitrogens with zero attached hydrogens (tertiary/aromatic N) is 1. The lowest BCUT2D eigenvalue weighted by Crippen LogP contribution is -2.32. The van der Waals surface area contributed by atoms with Crippen molar-refractivity contribution in [3.63, 3.8) is 0 Å². The molecule has 5 nitrogen and oxygen atoms in total. The number of halogens is 1. The maximum Gasteiger partial charge on any atom is 0.151 e. The summed E-state index contributed by atoms with van der Waals surface area (Å²) in [5.41, 5.74) is 0.789. The van der Waals surface area contributed by atoms with Gasteiger partial charge in [0.25, 0.3) is 0 Å². The number of sulfone groups is 1. The minimum Gasteiger partial charge on any atom is -0.359 e. The highest BCUT2D eigenvalue weighted by atomic mass is 32.2. The summed E-state index contributed by atoms with van der Waals surface area (Å²) >= 11 is 0. The fourth-order valence-electron chi connectivity index (χ4n) is 1.98. The Balaban J connectivity index is 2.00. The molecule has 7 heteroatoms. The lowest BCUT2D eigenvalue weighted by atomic mass is 10.1. The van der Waals surface area contributed by atoms with Gasteiger partial charge in [0, 0.05) is 23.9 Å². The maximum absolute atomic E-state index is 13.6. The molecule has 0 aliphatic heterocycles. The second-order valence-electron chi connectivity index (χ2n) is 5.03. The van der Waals surface area contributed by atoms with E-state index in [1.54, 1.807) is 31.2 Å². The first-order valence-corrected chi connectivity index (χ1v) is 8.53. The largest absolute Gasteiger partial charge is 0.359 e. The van der Waals surface area contributed by atoms with Gasteiger partial charge in [0.1, 0.15) is 21.3 Å². The van der Waals surface area contributed by atoms with Gasteiger partial charge in [-0.15, -0.1) is 0 Å². The van der Waals surface area contributed by atoms with Crippen molar-refractivity contribution in [2.45, 2.75) is 19.5 Å². The Morgan fingerprint density at radius 3 is 2.76 bits per heavy atom. The van der Waals surface area contributed by atoms with Crippen LogP contribution in [0.4, 0.5) is 4.39 Å². The van der Waals surface area contributed by atoms with Crippen molar-refractivity contribution in [1.29, 1.82) is 0 Å². The highest BCUT2D eigenvalue weighted by Crippen LogP contribution is 2.21. The average molecular weight is 312 g/mol. The van der Waals surface area contributed by atoms with E-state index in [-0.39, 0.29) is 17.6 Å². The van der Waals surface area contributed by atoms with E-state index >= 15 is 0 Å². The predicted octanol–water partition coefficient (Wildman–Crippen LogP) is 2.00. The molecule has 0 unspecified atom stereocenters. The van der Waals surface area contributed by atoms with Crippen LogP contribution < -0.4 is 5.32 Å². The highest BCUT2D eigenvalue weighted by Gasteiger charge is 2.13. The first-order chi connectivity index (χ1) is 9.85. The molecule has 114 valence electrons. The zero-order valence-corrected chi connectivity index (χ0v) is 12.7. The third-order valence-corrected chi connectivity index (χ3v) is 3.99. The zero-order chi connectivity index (χ0) is 15.5. The molecular weight excluding hydrogens is 295 g/mol. The number of benzene rings is 1. The number of aromatic nitrogens is 1. The zero-order valence-electron chi connectivity index (χ0n) is 11.8. The molecule has 0 saturated carbocycles. The van der Waals surface area contributed by atoms with Crippen LogP contribution >= 0.6 is 0 Å². The number of hydrogen-bond acceptors (Lipinski definition) is 5. The Morgan fingerprint density at radius 2 is 2.10 bits per heavy atom. The topological polar surface area (TPSA) is 72.2 Å². The Kier molecular flexibility index (Phi) is 4.74. The predicted molar refractivity (Wildman–Crippen MR) is 77.9 cm³/mol. The first-order valence-electron chi connectivity index (χ1n) is 6.47. The summed E-state index contributed by atoms with van der Waals surface area (Å²) in [6, 6.07) is 7.74. The molecule has 21 heavy (non-hydrogen) atoms. The quantitative estimate of drug-likeness (QED) is 0.883. The van der Waals surface area contributed by atoms with Gasteiger partial charge in [-0.05, 0) is 19.1 Å². The van der Waals surface area contributed by atoms with Crippen molar-refractivity contribution in [2.75, 3.05) is 12.0 Å². The molecule has 0 aliphatic rings. The molecule has 1 heterocycles. The molecular formula is C14H17FN2O3S. The molecule has 0 aliphatic carbocycles. The van der Waals surface area contributed by atoms with Crippen LogP contribution in [-0.2, 0) is 16.4 Å². The molecule has 1 aromatic carbocycles. The van der Waals surface area contributed by atoms with E-state index in [1.165, 1.54) is 12.3 Å². The summed E-state index contributed by atoms with van der Waals surface area (Å²) in [5, 5.41) is 6.85. The van der Waals surface area contributed by atoms with Crippen LogP contribution in [0.1, 0.15) is 12.7 Å². The van der Waals surface area contributed by atoms with Gasteiger partial charge < -0.3 is 9.84 Å². The fraction of sp³-hybridized carbons (Fsp3) is 0.357. The van der Waals surface area contributed by atoms with Crippen LogP contribution in [0.25, 0.3) is 11.3 Å². The van der Waals surface area contributed by atoms with E-state index in [0.29, 0.717) is 23.6 Å². The molecule has 1 atom stereocenters. The summed E-state index contributed by atoms with van der Waals surface area (Å²) in [7, 11) is -3.03. The summed E-state index contributed by atoms with van der Waals surface area (Å²) in [4.78, 5) is 0. The van der Waals surface area contributed by atoms with Gasteiger partial charge in [0.05, 0.1) is 12.3 Å². The van der Waals surface area contributed by atoms with Crippen molar-refractivity contribution < 1.29 is 17.3 Å². The van der Waals surface area contributed by atoms with Crippen molar-refractivity contribution in [3.05, 3.63) is 41.9 Å². The van der Waals surface area contributed by atoms with Crippen molar-refractivity contribution in [1.82, 2.24) is 10.5 Å². The summed E-state index contributed by atoms with van der Waals surface area (Å²) in [5.74, 6) is 0.200. The third kappa shape index (κ3) is 4.64. The van der Waals surface area contributed by atoms with Gasteiger partial charge in [-0.1, -0.05) is 17.3 Å². The van der Waals surface area contributed by atoms with Gasteiger partial charge in [-0.2, -0.15) is 0 Å². The molecule has 0 radical (unpaired) electrons. The Hall–Kier alpha value is -1.73. The lowest BCUT2D eigenvalue weighted by Gasteiger charge is -2.10. The number of nitrogens with one attached hydrogen (secondary N) is 1. The van der Waals surface area contributed by atoms with Crippen LogP contribution in [-0.4, -0.2) is 31.6 Å². The fourth-order valence-corrected chi connectivity index (χ4v) is 3.01. The van der Waals surface area contributed by atoms with E-state index < -0.39 is 9.84 Å². The summed E-state index contributed by atoms with van der Waals surface area (Å²) in [6.45, 7) is 2.10. The number of rotatable bonds is 6. The highest BCUT2D eigenvalue weighted by molar-refractivity contribution is 7.90. The van der Waals surface area contributed by atoms with E-state index in [9.17, 15) is 12.8 Å². The van der Waals surface area contributed by atoms with Crippen LogP contribution in [0.15, 0.2) is 34.9 Å². The van der Waals surface area contributed by atoms with Crippen molar-refractivity contribution >= 4 is 9.84 Å². The minimum absolute atomic E-state index is 0.0430. The smallest absolute Gasteiger partial charge is 0.151 e. The van der Waals surface area contributed by atoms with Gasteiger partial charge in [0.15, 0.2) is 5.76 Å². The summed E-state index contributed by atoms with van der Waals surface area (Å²) < 4.78 is 41.1. The van der Waals surface area contributed by atoms with Gasteiger partial charge in [-0.25, -0.2) is 12.8 Å². The van der Waals surface area contributed by atoms with E-state index in [1.807, 2.05) is 0 Å². The number of hydrogen-bond donors (Lipinski definition) is 1. The van der Waals surface area contributed by atoms with Gasteiger partial charge >= 0.3 is 0 Å². The maximum atomic E-state index is 13.6. The molecule has 2 rings (SSSR count). The second-order valence-corrected chi connectivity index (χ2v) is 7.22. The minimum atomic E-state index is -3.03. The van der Waals surface area contributed by atoms with Crippen LogP contribution in [0.5, 0.6) is 0 Å². The third-order valence-electron chi connectivity index (χ3n) is 2.89. The van der Waals surface area contributed by atoms with Crippen molar-refractivity contribution in [3.8, 4) is 11.3 Å². The Morgan fingerprint density at radius 1 is 1.38 bits per heavy atom. The van der Waals surface area contributed by atoms with E-state index in [2.05, 4.69) is 10.5 Å². The van der Waals surface area contributed by atoms with Gasteiger partial charge in [-0.3, -0.25) is 0 Å². The second kappa shape index (κ2) is 6.36. The van der Waals surface area contributed by atoms with Crippen LogP contribution in [0.2, 0.25) is 0 Å². The standard InChI is InChI=1S/C14H17FN2O3S/c1-10(9-21(2,18)19)16-8-11-7-14(17-20-11)12-5-3-4-6-13(12)15/h3-7,10,16H,8-9H2,1-2H3/t10-/m0/s1. The van der Waals surface area contributed by atoms with Crippen LogP contribution in [0, 0.1) is 5.82 Å². The molecule has 1 N–H and O–H groups in total. The lowest BCUT2D eigenvalue weighted by molar-refractivity contribution is 0.369. The normalized spacial score (nSPS) is 13.3. The first kappa shape index (κ1) is 15.7. The van der Waals surface area contributed by atoms with E-state index in [4.69, 9.17) is 4.52 Å². The van der Waals surface area contributed by atoms with E-state index in [0.717, 1.165) is 0 Å². The Bertz CT molecular complexity index is 713.